The van der Waals surface area contributed by atoms with Crippen molar-refractivity contribution in [1.29, 1.82) is 0 Å². The predicted molar refractivity (Wildman–Crippen MR) is 144 cm³/mol. The number of benzene rings is 2. The van der Waals surface area contributed by atoms with E-state index < -0.39 is 6.04 Å². The molecule has 1 saturated heterocycles. The van der Waals surface area contributed by atoms with Crippen molar-refractivity contribution in [2.45, 2.75) is 24.4 Å². The number of H-pyrrole nitrogens is 1. The highest BCUT2D eigenvalue weighted by Gasteiger charge is 2.39. The van der Waals surface area contributed by atoms with Crippen molar-refractivity contribution >= 4 is 34.3 Å². The van der Waals surface area contributed by atoms with Crippen LogP contribution in [0, 0.1) is 0 Å². The molecule has 0 aliphatic carbocycles. The summed E-state index contributed by atoms with van der Waals surface area (Å²) in [5, 5.41) is 20.2. The molecule has 4 N–H and O–H groups in total. The number of aliphatic hydroxyl groups excluding tert-OH is 1. The van der Waals surface area contributed by atoms with Crippen LogP contribution in [0.1, 0.15) is 30.0 Å². The first-order valence-electron chi connectivity index (χ1n) is 12.6. The van der Waals surface area contributed by atoms with Gasteiger partial charge < -0.3 is 25.2 Å². The van der Waals surface area contributed by atoms with Gasteiger partial charge in [-0.1, -0.05) is 30.3 Å². The Hall–Kier alpha value is -4.22. The van der Waals surface area contributed by atoms with E-state index in [1.54, 1.807) is 24.0 Å². The van der Waals surface area contributed by atoms with Crippen molar-refractivity contribution in [3.8, 4) is 0 Å². The molecule has 0 saturated carbocycles. The van der Waals surface area contributed by atoms with Crippen LogP contribution in [0.3, 0.4) is 0 Å². The van der Waals surface area contributed by atoms with Crippen LogP contribution in [0.4, 0.5) is 17.5 Å². The van der Waals surface area contributed by atoms with E-state index in [9.17, 15) is 9.90 Å². The molecule has 2 aromatic carbocycles. The zero-order valence-corrected chi connectivity index (χ0v) is 21.0. The molecule has 2 aliphatic rings. The fourth-order valence-corrected chi connectivity index (χ4v) is 4.90. The molecular weight excluding hydrogens is 486 g/mol. The van der Waals surface area contributed by atoms with Gasteiger partial charge in [0, 0.05) is 32.1 Å². The summed E-state index contributed by atoms with van der Waals surface area (Å²) in [5.41, 5.74) is 2.59. The van der Waals surface area contributed by atoms with Gasteiger partial charge in [-0.2, -0.15) is 4.98 Å². The number of aliphatic hydroxyl groups is 1. The molecule has 0 radical (unpaired) electrons. The molecule has 2 aliphatic heterocycles. The van der Waals surface area contributed by atoms with E-state index in [1.165, 1.54) is 0 Å². The summed E-state index contributed by atoms with van der Waals surface area (Å²) in [6.07, 6.45) is 3.28. The van der Waals surface area contributed by atoms with Gasteiger partial charge in [-0.3, -0.25) is 14.6 Å². The summed E-state index contributed by atoms with van der Waals surface area (Å²) in [6, 6.07) is 14.7. The van der Waals surface area contributed by atoms with Crippen molar-refractivity contribution < 1.29 is 14.6 Å². The normalized spacial score (nSPS) is 17.3. The molecule has 1 spiro atoms. The van der Waals surface area contributed by atoms with Crippen molar-refractivity contribution in [3.63, 3.8) is 0 Å². The largest absolute Gasteiger partial charge is 0.475 e. The minimum Gasteiger partial charge on any atom is -0.475 e. The minimum atomic E-state index is -0.400. The summed E-state index contributed by atoms with van der Waals surface area (Å²) in [7, 11) is 1.78. The van der Waals surface area contributed by atoms with E-state index in [0.29, 0.717) is 48.4 Å². The van der Waals surface area contributed by atoms with Gasteiger partial charge in [-0.25, -0.2) is 9.98 Å². The fourth-order valence-electron chi connectivity index (χ4n) is 4.90. The Bertz CT molecular complexity index is 1540. The second-order valence-corrected chi connectivity index (χ2v) is 9.65. The molecule has 11 nitrogen and oxygen atoms in total. The van der Waals surface area contributed by atoms with Crippen LogP contribution in [-0.2, 0) is 16.5 Å². The number of aromatic nitrogens is 4. The van der Waals surface area contributed by atoms with Gasteiger partial charge in [0.1, 0.15) is 18.0 Å². The highest BCUT2D eigenvalue weighted by Crippen LogP contribution is 2.33. The lowest BCUT2D eigenvalue weighted by atomic mass is 9.92. The van der Waals surface area contributed by atoms with Crippen LogP contribution in [0.15, 0.2) is 64.5 Å². The van der Waals surface area contributed by atoms with Gasteiger partial charge >= 0.3 is 0 Å². The van der Waals surface area contributed by atoms with E-state index in [0.717, 1.165) is 29.6 Å². The summed E-state index contributed by atoms with van der Waals surface area (Å²) >= 11 is 0. The molecule has 4 heterocycles. The first-order chi connectivity index (χ1) is 18.5. The van der Waals surface area contributed by atoms with E-state index >= 15 is 0 Å². The van der Waals surface area contributed by atoms with E-state index in [1.807, 2.05) is 42.5 Å². The fraction of sp³-hybridized carbons (Fsp3) is 0.333. The Kier molecular flexibility index (Phi) is 6.30. The topological polar surface area (TPSA) is 139 Å². The number of rotatable bonds is 7. The molecule has 4 aromatic rings. The number of hydrogen-bond acceptors (Lipinski definition) is 9. The zero-order valence-electron chi connectivity index (χ0n) is 21.0. The number of nitrogens with one attached hydrogen (secondary N) is 3. The molecule has 0 amide bonds. The molecule has 38 heavy (non-hydrogen) atoms. The molecule has 0 unspecified atom stereocenters. The predicted octanol–water partition coefficient (Wildman–Crippen LogP) is 2.87. The van der Waals surface area contributed by atoms with Crippen LogP contribution in [0.5, 0.6) is 0 Å². The Morgan fingerprint density at radius 3 is 2.79 bits per heavy atom. The lowest BCUT2D eigenvalue weighted by molar-refractivity contribution is 0.0442. The number of aliphatic imine (C=N–C) groups is 1. The second kappa shape index (κ2) is 9.92. The third kappa shape index (κ3) is 4.61. The molecule has 2 aromatic heterocycles. The minimum absolute atomic E-state index is 0.136. The summed E-state index contributed by atoms with van der Waals surface area (Å²) in [5.74, 6) is 1.32. The standard InChI is InChI=1S/C27H29N7O4/c1-34-22-13-18(7-8-19(22)24(36)33-34)29-26-28-14-20(25-32-27(16-38-25)9-11-37-12-10-27)23(31-26)30-21(15-35)17-5-3-2-4-6-17/h2-8,13-14,21,35H,9-12,15-16H2,1H3,(H,33,36)(H2,28,29,30,31)/t21-/m1/s1. The molecular formula is C27H29N7O4. The quantitative estimate of drug-likeness (QED) is 0.295. The average molecular weight is 516 g/mol. The van der Waals surface area contributed by atoms with E-state index in [4.69, 9.17) is 19.5 Å². The maximum absolute atomic E-state index is 12.1. The van der Waals surface area contributed by atoms with Crippen molar-refractivity contribution in [2.75, 3.05) is 37.1 Å². The zero-order chi connectivity index (χ0) is 26.1. The van der Waals surface area contributed by atoms with Crippen molar-refractivity contribution in [3.05, 3.63) is 76.2 Å². The lowest BCUT2D eigenvalue weighted by Crippen LogP contribution is -2.35. The third-order valence-corrected chi connectivity index (χ3v) is 7.08. The van der Waals surface area contributed by atoms with E-state index in [-0.39, 0.29) is 17.7 Å². The van der Waals surface area contributed by atoms with Crippen molar-refractivity contribution in [2.24, 2.45) is 12.0 Å². The Labute approximate surface area is 218 Å². The van der Waals surface area contributed by atoms with Crippen LogP contribution in [0.25, 0.3) is 10.9 Å². The number of aromatic amines is 1. The maximum Gasteiger partial charge on any atom is 0.271 e. The second-order valence-electron chi connectivity index (χ2n) is 9.65. The molecule has 11 heteroatoms. The van der Waals surface area contributed by atoms with Gasteiger partial charge in [0.25, 0.3) is 5.56 Å². The van der Waals surface area contributed by atoms with Crippen LogP contribution in [-0.4, -0.2) is 62.7 Å². The number of anilines is 3. The molecule has 196 valence electrons. The van der Waals surface area contributed by atoms with Crippen molar-refractivity contribution in [1.82, 2.24) is 19.7 Å². The molecule has 6 rings (SSSR count). The van der Waals surface area contributed by atoms with Gasteiger partial charge in [-0.05, 0) is 36.6 Å². The Morgan fingerprint density at radius 2 is 2.00 bits per heavy atom. The maximum atomic E-state index is 12.1. The molecule has 1 atom stereocenters. The Morgan fingerprint density at radius 1 is 1.18 bits per heavy atom. The number of nitrogens with zero attached hydrogens (tertiary/aromatic N) is 4. The first-order valence-corrected chi connectivity index (χ1v) is 12.6. The number of hydrogen-bond donors (Lipinski definition) is 4. The van der Waals surface area contributed by atoms with E-state index in [2.05, 4.69) is 20.7 Å². The van der Waals surface area contributed by atoms with Gasteiger partial charge in [0.15, 0.2) is 0 Å². The SMILES string of the molecule is Cn1[nH]c(=O)c2ccc(Nc3ncc(C4=NC5(CCOCC5)CO4)c(N[C@H](CO)c4ccccc4)n3)cc21. The monoisotopic (exact) mass is 515 g/mol. The molecule has 0 bridgehead atoms. The summed E-state index contributed by atoms with van der Waals surface area (Å²) in [6.45, 7) is 1.66. The van der Waals surface area contributed by atoms with Crippen LogP contribution in [0.2, 0.25) is 0 Å². The number of fused-ring (bicyclic) bond motifs is 1. The highest BCUT2D eigenvalue weighted by molar-refractivity contribution is 6.00. The van der Waals surface area contributed by atoms with Gasteiger partial charge in [-0.15, -0.1) is 0 Å². The van der Waals surface area contributed by atoms with Gasteiger partial charge in [0.05, 0.1) is 29.1 Å². The van der Waals surface area contributed by atoms with Crippen LogP contribution < -0.4 is 16.2 Å². The van der Waals surface area contributed by atoms with Gasteiger partial charge in [0.2, 0.25) is 11.8 Å². The third-order valence-electron chi connectivity index (χ3n) is 7.08. The van der Waals surface area contributed by atoms with Crippen LogP contribution >= 0.6 is 0 Å². The average Bonchev–Trinajstić information content (AvgIpc) is 3.47. The lowest BCUT2D eigenvalue weighted by Gasteiger charge is -2.28. The first kappa shape index (κ1) is 24.1. The smallest absolute Gasteiger partial charge is 0.271 e. The summed E-state index contributed by atoms with van der Waals surface area (Å²) in [4.78, 5) is 26.3. The Balaban J connectivity index is 1.36. The number of ether oxygens (including phenoxy) is 2. The molecule has 1 fully saturated rings. The number of aryl methyl sites for hydroxylation is 1. The summed E-state index contributed by atoms with van der Waals surface area (Å²) < 4.78 is 13.3. The highest BCUT2D eigenvalue weighted by atomic mass is 16.5.